The third-order valence-electron chi connectivity index (χ3n) is 3.79. The van der Waals surface area contributed by atoms with E-state index in [2.05, 4.69) is 22.5 Å². The summed E-state index contributed by atoms with van der Waals surface area (Å²) < 4.78 is 0. The number of aryl methyl sites for hydroxylation is 1. The number of likely N-dealkylation sites (tertiary alicyclic amines) is 1. The average molecular weight is 446 g/mol. The van der Waals surface area contributed by atoms with Crippen LogP contribution in [0.2, 0.25) is 0 Å². The van der Waals surface area contributed by atoms with Gasteiger partial charge >= 0.3 is 0 Å². The van der Waals surface area contributed by atoms with Crippen molar-refractivity contribution >= 4 is 41.5 Å². The largest absolute Gasteiger partial charge is 0.391 e. The number of aliphatic hydroxyl groups is 1. The predicted molar refractivity (Wildman–Crippen MR) is 108 cm³/mol. The van der Waals surface area contributed by atoms with Gasteiger partial charge in [0.2, 0.25) is 5.91 Å². The molecule has 1 atom stereocenters. The molecule has 1 aromatic carbocycles. The number of anilines is 1. The van der Waals surface area contributed by atoms with Crippen LogP contribution in [0.15, 0.2) is 29.3 Å². The number of guanidine groups is 1. The molecule has 0 radical (unpaired) electrons. The Labute approximate surface area is 160 Å². The molecule has 1 fully saturated rings. The van der Waals surface area contributed by atoms with Crippen LogP contribution in [0.25, 0.3) is 0 Å². The van der Waals surface area contributed by atoms with Crippen molar-refractivity contribution < 1.29 is 9.90 Å². The monoisotopic (exact) mass is 446 g/mol. The second kappa shape index (κ2) is 10.5. The van der Waals surface area contributed by atoms with E-state index in [1.54, 1.807) is 0 Å². The zero-order chi connectivity index (χ0) is 16.7. The average Bonchev–Trinajstić information content (AvgIpc) is 2.98. The smallest absolute Gasteiger partial charge is 0.246 e. The van der Waals surface area contributed by atoms with Gasteiger partial charge < -0.3 is 20.6 Å². The molecular weight excluding hydrogens is 419 g/mol. The highest BCUT2D eigenvalue weighted by Crippen LogP contribution is 2.11. The fourth-order valence-electron chi connectivity index (χ4n) is 2.58. The number of carbonyl (C=O) groups is 1. The Morgan fingerprint density at radius 2 is 2.21 bits per heavy atom. The molecule has 7 heteroatoms. The number of amides is 1. The molecule has 24 heavy (non-hydrogen) atoms. The summed E-state index contributed by atoms with van der Waals surface area (Å²) in [5.74, 6) is 0.537. The fraction of sp³-hybridized carbons (Fsp3) is 0.529. The van der Waals surface area contributed by atoms with Crippen LogP contribution in [0, 0.1) is 0 Å². The molecule has 1 heterocycles. The maximum absolute atomic E-state index is 12.1. The van der Waals surface area contributed by atoms with Crippen molar-refractivity contribution in [1.82, 2.24) is 10.2 Å². The molecule has 6 nitrogen and oxygen atoms in total. The number of aliphatic hydroxyl groups excluding tert-OH is 1. The number of nitrogens with one attached hydrogen (secondary N) is 2. The number of hydrogen-bond donors (Lipinski definition) is 3. The SMILES string of the molecule is CCNC(=NCC(=O)Nc1cccc(CC)c1)N1CC[C@@H](O)C1.I. The van der Waals surface area contributed by atoms with Crippen molar-refractivity contribution in [2.24, 2.45) is 4.99 Å². The van der Waals surface area contributed by atoms with Crippen LogP contribution in [0.3, 0.4) is 0 Å². The van der Waals surface area contributed by atoms with Gasteiger partial charge in [-0.1, -0.05) is 19.1 Å². The van der Waals surface area contributed by atoms with E-state index in [1.165, 1.54) is 5.56 Å². The number of rotatable bonds is 5. The van der Waals surface area contributed by atoms with E-state index in [4.69, 9.17) is 0 Å². The van der Waals surface area contributed by atoms with E-state index in [9.17, 15) is 9.90 Å². The summed E-state index contributed by atoms with van der Waals surface area (Å²) in [5.41, 5.74) is 1.98. The van der Waals surface area contributed by atoms with Gasteiger partial charge in [0.05, 0.1) is 6.10 Å². The van der Waals surface area contributed by atoms with Crippen LogP contribution in [0.4, 0.5) is 5.69 Å². The Balaban J connectivity index is 0.00000288. The Bertz CT molecular complexity index is 565. The molecule has 134 valence electrons. The minimum atomic E-state index is -0.315. The lowest BCUT2D eigenvalue weighted by atomic mass is 10.1. The second-order valence-electron chi connectivity index (χ2n) is 5.66. The molecule has 1 amide bonds. The minimum absolute atomic E-state index is 0. The van der Waals surface area contributed by atoms with Crippen molar-refractivity contribution in [3.63, 3.8) is 0 Å². The molecule has 0 aromatic heterocycles. The van der Waals surface area contributed by atoms with Crippen LogP contribution in [-0.4, -0.2) is 54.2 Å². The molecule has 1 saturated heterocycles. The van der Waals surface area contributed by atoms with Gasteiger partial charge in [-0.15, -0.1) is 24.0 Å². The van der Waals surface area contributed by atoms with Crippen molar-refractivity contribution in [2.45, 2.75) is 32.8 Å². The Morgan fingerprint density at radius 3 is 2.83 bits per heavy atom. The predicted octanol–water partition coefficient (Wildman–Crippen LogP) is 1.84. The standard InChI is InChI=1S/C17H26N4O2.HI/c1-3-13-6-5-7-14(10-13)20-16(23)11-19-17(18-4-2)21-9-8-15(22)12-21;/h5-7,10,15,22H,3-4,8-9,11-12H2,1-2H3,(H,18,19)(H,20,23);1H/t15-;/m1./s1. The first kappa shape index (κ1) is 20.7. The summed E-state index contributed by atoms with van der Waals surface area (Å²) in [4.78, 5) is 18.4. The van der Waals surface area contributed by atoms with Gasteiger partial charge in [-0.05, 0) is 37.5 Å². The van der Waals surface area contributed by atoms with Crippen molar-refractivity contribution in [3.8, 4) is 0 Å². The summed E-state index contributed by atoms with van der Waals surface area (Å²) in [5, 5.41) is 15.7. The summed E-state index contributed by atoms with van der Waals surface area (Å²) >= 11 is 0. The molecule has 0 bridgehead atoms. The third-order valence-corrected chi connectivity index (χ3v) is 3.79. The van der Waals surface area contributed by atoms with Crippen LogP contribution in [0.1, 0.15) is 25.8 Å². The van der Waals surface area contributed by atoms with Crippen LogP contribution < -0.4 is 10.6 Å². The van der Waals surface area contributed by atoms with Crippen molar-refractivity contribution in [3.05, 3.63) is 29.8 Å². The van der Waals surface area contributed by atoms with Gasteiger partial charge in [0.15, 0.2) is 5.96 Å². The van der Waals surface area contributed by atoms with E-state index in [0.29, 0.717) is 12.5 Å². The quantitative estimate of drug-likeness (QED) is 0.367. The van der Waals surface area contributed by atoms with E-state index in [-0.39, 0.29) is 42.5 Å². The van der Waals surface area contributed by atoms with Gasteiger partial charge in [-0.2, -0.15) is 0 Å². The fourth-order valence-corrected chi connectivity index (χ4v) is 2.58. The van der Waals surface area contributed by atoms with E-state index in [1.807, 2.05) is 36.1 Å². The first-order chi connectivity index (χ1) is 11.1. The van der Waals surface area contributed by atoms with Gasteiger partial charge in [0, 0.05) is 25.3 Å². The lowest BCUT2D eigenvalue weighted by Crippen LogP contribution is -2.41. The van der Waals surface area contributed by atoms with Gasteiger partial charge in [-0.3, -0.25) is 4.79 Å². The number of carbonyl (C=O) groups excluding carboxylic acids is 1. The van der Waals surface area contributed by atoms with E-state index < -0.39 is 0 Å². The number of nitrogens with zero attached hydrogens (tertiary/aromatic N) is 2. The lowest BCUT2D eigenvalue weighted by molar-refractivity contribution is -0.114. The molecule has 1 aromatic rings. The van der Waals surface area contributed by atoms with Gasteiger partial charge in [0.25, 0.3) is 0 Å². The Hall–Kier alpha value is -1.35. The minimum Gasteiger partial charge on any atom is -0.391 e. The topological polar surface area (TPSA) is 77.0 Å². The lowest BCUT2D eigenvalue weighted by Gasteiger charge is -2.20. The summed E-state index contributed by atoms with van der Waals surface area (Å²) in [6.07, 6.45) is 1.36. The molecule has 0 unspecified atom stereocenters. The number of aliphatic imine (C=N–C) groups is 1. The summed E-state index contributed by atoms with van der Waals surface area (Å²) in [6.45, 7) is 6.17. The molecule has 1 aliphatic rings. The number of β-amino-alcohol motifs (C(OH)–C–C–N with tert-alkyl or cyclic N) is 1. The number of halogens is 1. The molecule has 0 spiro atoms. The summed E-state index contributed by atoms with van der Waals surface area (Å²) in [7, 11) is 0. The van der Waals surface area contributed by atoms with E-state index in [0.717, 1.165) is 31.6 Å². The van der Waals surface area contributed by atoms with Crippen LogP contribution >= 0.6 is 24.0 Å². The third kappa shape index (κ3) is 6.27. The highest BCUT2D eigenvalue weighted by molar-refractivity contribution is 14.0. The molecule has 1 aliphatic heterocycles. The first-order valence-corrected chi connectivity index (χ1v) is 8.22. The molecule has 3 N–H and O–H groups in total. The van der Waals surface area contributed by atoms with Crippen LogP contribution in [-0.2, 0) is 11.2 Å². The molecule has 0 aliphatic carbocycles. The molecule has 2 rings (SSSR count). The van der Waals surface area contributed by atoms with Crippen LogP contribution in [0.5, 0.6) is 0 Å². The Kier molecular flexibility index (Phi) is 9.05. The second-order valence-corrected chi connectivity index (χ2v) is 5.66. The van der Waals surface area contributed by atoms with E-state index >= 15 is 0 Å². The normalized spacial score (nSPS) is 17.4. The summed E-state index contributed by atoms with van der Waals surface area (Å²) in [6, 6.07) is 7.83. The zero-order valence-electron chi connectivity index (χ0n) is 14.3. The Morgan fingerprint density at radius 1 is 1.42 bits per heavy atom. The first-order valence-electron chi connectivity index (χ1n) is 8.22. The molecular formula is C17H27IN4O2. The van der Waals surface area contributed by atoms with Crippen molar-refractivity contribution in [2.75, 3.05) is 31.5 Å². The number of benzene rings is 1. The zero-order valence-corrected chi connectivity index (χ0v) is 16.6. The van der Waals surface area contributed by atoms with Crippen molar-refractivity contribution in [1.29, 1.82) is 0 Å². The molecule has 0 saturated carbocycles. The van der Waals surface area contributed by atoms with Gasteiger partial charge in [0.1, 0.15) is 6.54 Å². The maximum Gasteiger partial charge on any atom is 0.246 e. The highest BCUT2D eigenvalue weighted by Gasteiger charge is 2.22. The maximum atomic E-state index is 12.1. The highest BCUT2D eigenvalue weighted by atomic mass is 127. The number of hydrogen-bond acceptors (Lipinski definition) is 3. The van der Waals surface area contributed by atoms with Gasteiger partial charge in [-0.25, -0.2) is 4.99 Å².